The van der Waals surface area contributed by atoms with E-state index in [-0.39, 0.29) is 28.9 Å². The van der Waals surface area contributed by atoms with Gasteiger partial charge in [0, 0.05) is 30.6 Å². The molecule has 0 radical (unpaired) electrons. The first-order valence-electron chi connectivity index (χ1n) is 12.6. The van der Waals surface area contributed by atoms with Gasteiger partial charge in [0.25, 0.3) is 5.91 Å². The van der Waals surface area contributed by atoms with Gasteiger partial charge in [0.1, 0.15) is 11.5 Å². The molecule has 2 atom stereocenters. The lowest BCUT2D eigenvalue weighted by atomic mass is 9.75. The molecule has 5 rings (SSSR count). The summed E-state index contributed by atoms with van der Waals surface area (Å²) >= 11 is 0. The van der Waals surface area contributed by atoms with Gasteiger partial charge in [-0.1, -0.05) is 43.5 Å². The molecule has 1 aliphatic heterocycles. The van der Waals surface area contributed by atoms with E-state index in [0.29, 0.717) is 52.8 Å². The van der Waals surface area contributed by atoms with Crippen LogP contribution in [-0.2, 0) is 16.4 Å². The number of aromatic nitrogens is 1. The van der Waals surface area contributed by atoms with E-state index in [1.807, 2.05) is 4.90 Å². The van der Waals surface area contributed by atoms with Gasteiger partial charge in [0.2, 0.25) is 0 Å². The zero-order valence-electron chi connectivity index (χ0n) is 20.3. The Morgan fingerprint density at radius 3 is 2.47 bits per heavy atom. The minimum Gasteiger partial charge on any atom is -0.396 e. The van der Waals surface area contributed by atoms with E-state index >= 15 is 0 Å². The molecule has 0 spiro atoms. The number of hydrogen-bond donors (Lipinski definition) is 3. The number of nitrogens with zero attached hydrogens (tertiary/aromatic N) is 2. The molecule has 1 amide bonds. The van der Waals surface area contributed by atoms with Crippen molar-refractivity contribution in [3.05, 3.63) is 59.8 Å². The summed E-state index contributed by atoms with van der Waals surface area (Å²) in [6.07, 6.45) is 5.85. The van der Waals surface area contributed by atoms with Crippen LogP contribution in [0.15, 0.2) is 53.4 Å². The van der Waals surface area contributed by atoms with Gasteiger partial charge in [0.05, 0.1) is 21.9 Å². The number of likely N-dealkylation sites (tertiary alicyclic amines) is 1. The number of fused-ring (bicyclic) bond motifs is 2. The van der Waals surface area contributed by atoms with E-state index in [0.717, 1.165) is 12.8 Å². The van der Waals surface area contributed by atoms with Gasteiger partial charge in [-0.3, -0.25) is 10.2 Å². The molecule has 8 nitrogen and oxygen atoms in total. The van der Waals surface area contributed by atoms with Crippen LogP contribution < -0.4 is 11.5 Å². The van der Waals surface area contributed by atoms with Crippen molar-refractivity contribution >= 4 is 38.2 Å². The fourth-order valence-electron chi connectivity index (χ4n) is 5.90. The molecular formula is C27H33N5O3S. The summed E-state index contributed by atoms with van der Waals surface area (Å²) in [5.41, 5.74) is 14.1. The molecule has 36 heavy (non-hydrogen) atoms. The van der Waals surface area contributed by atoms with E-state index < -0.39 is 9.84 Å². The molecule has 2 unspecified atom stereocenters. The Balaban J connectivity index is 1.53. The zero-order valence-corrected chi connectivity index (χ0v) is 21.1. The second-order valence-corrected chi connectivity index (χ2v) is 12.1. The minimum absolute atomic E-state index is 0.0628. The molecule has 1 aliphatic carbocycles. The number of anilines is 1. The highest BCUT2D eigenvalue weighted by molar-refractivity contribution is 7.91. The molecule has 2 aromatic carbocycles. The average molecular weight is 508 g/mol. The third-order valence-electron chi connectivity index (χ3n) is 7.88. The van der Waals surface area contributed by atoms with Gasteiger partial charge in [-0.15, -0.1) is 0 Å². The SMILES string of the molecule is N=C(N)c1ccc2c(N)c(C(=O)N3CCC4CCCCC4C3)n(CCS(=O)(=O)c3ccccc3)c2c1. The summed E-state index contributed by atoms with van der Waals surface area (Å²) in [5.74, 6) is 0.746. The lowest BCUT2D eigenvalue weighted by molar-refractivity contribution is 0.0513. The number of piperidine rings is 1. The predicted octanol–water partition coefficient (Wildman–Crippen LogP) is 3.63. The Morgan fingerprint density at radius 2 is 1.75 bits per heavy atom. The smallest absolute Gasteiger partial charge is 0.272 e. The van der Waals surface area contributed by atoms with Crippen molar-refractivity contribution in [2.24, 2.45) is 17.6 Å². The Labute approximate surface area is 211 Å². The highest BCUT2D eigenvalue weighted by Gasteiger charge is 2.35. The van der Waals surface area contributed by atoms with E-state index in [1.165, 1.54) is 19.3 Å². The average Bonchev–Trinajstić information content (AvgIpc) is 3.18. The maximum absolute atomic E-state index is 13.9. The molecule has 190 valence electrons. The maximum atomic E-state index is 13.9. The number of carbonyl (C=O) groups excluding carboxylic acids is 1. The van der Waals surface area contributed by atoms with Crippen molar-refractivity contribution in [1.29, 1.82) is 5.41 Å². The molecule has 3 aromatic rings. The number of nitrogen functional groups attached to an aromatic ring is 2. The van der Waals surface area contributed by atoms with Crippen molar-refractivity contribution in [1.82, 2.24) is 9.47 Å². The van der Waals surface area contributed by atoms with Crippen molar-refractivity contribution in [3.8, 4) is 0 Å². The molecule has 1 aromatic heterocycles. The number of amidine groups is 1. The van der Waals surface area contributed by atoms with Crippen LogP contribution in [0.2, 0.25) is 0 Å². The van der Waals surface area contributed by atoms with Gasteiger partial charge in [-0.2, -0.15) is 0 Å². The second kappa shape index (κ2) is 9.61. The van der Waals surface area contributed by atoms with Crippen LogP contribution in [0.5, 0.6) is 0 Å². The number of aryl methyl sites for hydroxylation is 1. The molecule has 9 heteroatoms. The number of hydrogen-bond acceptors (Lipinski definition) is 5. The number of benzene rings is 2. The summed E-state index contributed by atoms with van der Waals surface area (Å²) in [6.45, 7) is 1.46. The molecule has 2 aliphatic rings. The van der Waals surface area contributed by atoms with Crippen molar-refractivity contribution in [2.75, 3.05) is 24.6 Å². The lowest BCUT2D eigenvalue weighted by Gasteiger charge is -2.41. The number of nitrogens with two attached hydrogens (primary N) is 2. The molecule has 1 saturated heterocycles. The number of sulfone groups is 1. The summed E-state index contributed by atoms with van der Waals surface area (Å²) in [6, 6.07) is 13.5. The second-order valence-electron chi connectivity index (χ2n) is 10.0. The topological polar surface area (TPSA) is 135 Å². The lowest BCUT2D eigenvalue weighted by Crippen LogP contribution is -2.45. The van der Waals surface area contributed by atoms with Crippen LogP contribution in [0.25, 0.3) is 10.9 Å². The van der Waals surface area contributed by atoms with Gasteiger partial charge < -0.3 is 20.9 Å². The Hall–Kier alpha value is -3.33. The van der Waals surface area contributed by atoms with Crippen LogP contribution >= 0.6 is 0 Å². The van der Waals surface area contributed by atoms with Gasteiger partial charge >= 0.3 is 0 Å². The van der Waals surface area contributed by atoms with Crippen LogP contribution in [0.3, 0.4) is 0 Å². The predicted molar refractivity (Wildman–Crippen MR) is 142 cm³/mol. The first kappa shape index (κ1) is 24.4. The third kappa shape index (κ3) is 4.48. The van der Waals surface area contributed by atoms with Crippen LogP contribution in [0.4, 0.5) is 5.69 Å². The fraction of sp³-hybridized carbons (Fsp3) is 0.407. The number of amides is 1. The van der Waals surface area contributed by atoms with Gasteiger partial charge in [0.15, 0.2) is 9.84 Å². The molecular weight excluding hydrogens is 474 g/mol. The Morgan fingerprint density at radius 1 is 1.03 bits per heavy atom. The summed E-state index contributed by atoms with van der Waals surface area (Å²) < 4.78 is 27.9. The summed E-state index contributed by atoms with van der Waals surface area (Å²) in [5, 5.41) is 8.51. The third-order valence-corrected chi connectivity index (χ3v) is 9.59. The minimum atomic E-state index is -3.58. The van der Waals surface area contributed by atoms with Crippen LogP contribution in [0.1, 0.15) is 48.2 Å². The standard InChI is InChI=1S/C27H33N5O3S/c28-24-22-11-10-19(26(29)30)16-23(22)32(14-15-36(34,35)21-8-2-1-3-9-21)25(24)27(33)31-13-12-18-6-4-5-7-20(18)17-31/h1-3,8-11,16,18,20H,4-7,12-15,17,28H2,(H3,29,30). The van der Waals surface area contributed by atoms with Crippen LogP contribution in [0, 0.1) is 17.2 Å². The van der Waals surface area contributed by atoms with Crippen molar-refractivity contribution in [2.45, 2.75) is 43.5 Å². The molecule has 2 fully saturated rings. The van der Waals surface area contributed by atoms with Crippen molar-refractivity contribution < 1.29 is 13.2 Å². The van der Waals surface area contributed by atoms with Gasteiger partial charge in [-0.25, -0.2) is 8.42 Å². The maximum Gasteiger partial charge on any atom is 0.272 e. The molecule has 1 saturated carbocycles. The fourth-order valence-corrected chi connectivity index (χ4v) is 7.13. The van der Waals surface area contributed by atoms with Crippen molar-refractivity contribution in [3.63, 3.8) is 0 Å². The first-order valence-corrected chi connectivity index (χ1v) is 14.2. The zero-order chi connectivity index (χ0) is 25.4. The molecule has 5 N–H and O–H groups in total. The molecule has 2 heterocycles. The largest absolute Gasteiger partial charge is 0.396 e. The highest BCUT2D eigenvalue weighted by atomic mass is 32.2. The number of rotatable bonds is 6. The van der Waals surface area contributed by atoms with Gasteiger partial charge in [-0.05, 0) is 48.9 Å². The highest BCUT2D eigenvalue weighted by Crippen LogP contribution is 2.38. The first-order chi connectivity index (χ1) is 17.3. The van der Waals surface area contributed by atoms with E-state index in [1.54, 1.807) is 53.1 Å². The molecule has 0 bridgehead atoms. The van der Waals surface area contributed by atoms with E-state index in [2.05, 4.69) is 0 Å². The monoisotopic (exact) mass is 507 g/mol. The quantitative estimate of drug-likeness (QED) is 0.346. The Bertz CT molecular complexity index is 1410. The normalized spacial score (nSPS) is 20.3. The van der Waals surface area contributed by atoms with E-state index in [9.17, 15) is 13.2 Å². The summed E-state index contributed by atoms with van der Waals surface area (Å²) in [7, 11) is -3.58. The van der Waals surface area contributed by atoms with E-state index in [4.69, 9.17) is 16.9 Å². The number of nitrogens with one attached hydrogen (secondary N) is 1. The Kier molecular flexibility index (Phi) is 6.51. The summed E-state index contributed by atoms with van der Waals surface area (Å²) in [4.78, 5) is 16.0. The van der Waals surface area contributed by atoms with Crippen LogP contribution in [-0.4, -0.2) is 48.5 Å². The number of carbonyl (C=O) groups is 1.